The summed E-state index contributed by atoms with van der Waals surface area (Å²) >= 11 is 1.24. The molecule has 0 fully saturated rings. The van der Waals surface area contributed by atoms with E-state index in [1.165, 1.54) is 28.0 Å². The van der Waals surface area contributed by atoms with Crippen LogP contribution < -0.4 is 14.8 Å². The van der Waals surface area contributed by atoms with Crippen molar-refractivity contribution in [2.24, 2.45) is 0 Å². The van der Waals surface area contributed by atoms with Crippen molar-refractivity contribution in [1.82, 2.24) is 24.4 Å². The smallest absolute Gasteiger partial charge is 0.291 e. The number of hydrogen-bond donors (Lipinski definition) is 0. The second kappa shape index (κ2) is 11.1. The highest BCUT2D eigenvalue weighted by molar-refractivity contribution is 7.15. The zero-order valence-corrected chi connectivity index (χ0v) is 22.8. The third-order valence-corrected chi connectivity index (χ3v) is 7.42. The van der Waals surface area contributed by atoms with Crippen molar-refractivity contribution in [3.05, 3.63) is 116 Å². The maximum Gasteiger partial charge on any atom is 0.291 e. The minimum Gasteiger partial charge on any atom is -0.494 e. The minimum absolute atomic E-state index is 0.0105. The molecule has 0 radical (unpaired) electrons. The summed E-state index contributed by atoms with van der Waals surface area (Å²) in [7, 11) is 0. The van der Waals surface area contributed by atoms with Gasteiger partial charge in [0.15, 0.2) is 5.82 Å². The van der Waals surface area contributed by atoms with Crippen LogP contribution in [0.1, 0.15) is 25.3 Å². The highest BCUT2D eigenvalue weighted by Crippen LogP contribution is 2.27. The largest absolute Gasteiger partial charge is 0.494 e. The molecule has 6 aromatic rings. The van der Waals surface area contributed by atoms with Gasteiger partial charge in [-0.2, -0.15) is 14.6 Å². The number of rotatable bonds is 9. The van der Waals surface area contributed by atoms with E-state index in [0.717, 1.165) is 29.8 Å². The number of hydrogen-bond acceptors (Lipinski definition) is 8. The molecule has 0 N–H and O–H groups in total. The van der Waals surface area contributed by atoms with E-state index in [0.29, 0.717) is 38.7 Å². The number of thiazole rings is 1. The fourth-order valence-electron chi connectivity index (χ4n) is 4.30. The summed E-state index contributed by atoms with van der Waals surface area (Å²) in [5, 5.41) is 20.4. The summed E-state index contributed by atoms with van der Waals surface area (Å²) in [5.41, 5.74) is 3.29. The van der Waals surface area contributed by atoms with E-state index < -0.39 is 4.92 Å². The van der Waals surface area contributed by atoms with E-state index >= 15 is 0 Å². The molecular formula is C30H24N6O4S. The van der Waals surface area contributed by atoms with Crippen LogP contribution in [0.4, 0.5) is 5.69 Å². The molecule has 0 amide bonds. The maximum atomic E-state index is 13.3. The Kier molecular flexibility index (Phi) is 7.09. The van der Waals surface area contributed by atoms with Gasteiger partial charge in [0.25, 0.3) is 11.2 Å². The van der Waals surface area contributed by atoms with E-state index in [-0.39, 0.29) is 11.2 Å². The van der Waals surface area contributed by atoms with Crippen LogP contribution in [-0.2, 0) is 0 Å². The zero-order valence-electron chi connectivity index (χ0n) is 22.0. The summed E-state index contributed by atoms with van der Waals surface area (Å²) in [6, 6.07) is 23.3. The number of aromatic nitrogens is 5. The third kappa shape index (κ3) is 5.35. The molecular weight excluding hydrogens is 540 g/mol. The van der Waals surface area contributed by atoms with Crippen LogP contribution in [0.25, 0.3) is 39.4 Å². The average Bonchev–Trinajstić information content (AvgIpc) is 3.69. The van der Waals surface area contributed by atoms with Gasteiger partial charge >= 0.3 is 0 Å². The van der Waals surface area contributed by atoms with Crippen LogP contribution in [0, 0.1) is 10.1 Å². The lowest BCUT2D eigenvalue weighted by Gasteiger charge is -2.05. The molecule has 0 saturated carbocycles. The molecule has 0 aliphatic heterocycles. The van der Waals surface area contributed by atoms with Crippen LogP contribution >= 0.6 is 11.3 Å². The van der Waals surface area contributed by atoms with Gasteiger partial charge in [-0.15, -0.1) is 5.10 Å². The standard InChI is InChI=1S/C30H24N6O4S/c1-2-3-17-40-25-15-11-21(12-16-25)28-31-30-35(33-28)29(37)26(41-30)18-22-19-34(23-7-5-4-6-8-23)32-27(22)20-9-13-24(14-10-20)36(38)39/h4-16,18-19H,2-3,17H2,1H3/b26-18-. The monoisotopic (exact) mass is 564 g/mol. The zero-order chi connectivity index (χ0) is 28.3. The minimum atomic E-state index is -0.443. The lowest BCUT2D eigenvalue weighted by atomic mass is 10.1. The third-order valence-electron chi connectivity index (χ3n) is 6.46. The van der Waals surface area contributed by atoms with Gasteiger partial charge in [0.1, 0.15) is 11.4 Å². The van der Waals surface area contributed by atoms with Crippen molar-refractivity contribution in [1.29, 1.82) is 0 Å². The molecule has 41 heavy (non-hydrogen) atoms. The normalized spacial score (nSPS) is 11.8. The molecule has 0 aliphatic rings. The number of nitro benzene ring substituents is 1. The van der Waals surface area contributed by atoms with E-state index in [2.05, 4.69) is 17.0 Å². The van der Waals surface area contributed by atoms with Gasteiger partial charge in [-0.1, -0.05) is 42.9 Å². The maximum absolute atomic E-state index is 13.3. The van der Waals surface area contributed by atoms with Crippen molar-refractivity contribution in [3.8, 4) is 34.1 Å². The highest BCUT2D eigenvalue weighted by Gasteiger charge is 2.16. The van der Waals surface area contributed by atoms with Gasteiger partial charge in [-0.3, -0.25) is 14.9 Å². The molecule has 3 heterocycles. The summed E-state index contributed by atoms with van der Waals surface area (Å²) < 4.78 is 9.20. The van der Waals surface area contributed by atoms with Gasteiger partial charge in [0.05, 0.1) is 21.7 Å². The molecule has 3 aromatic heterocycles. The van der Waals surface area contributed by atoms with Crippen molar-refractivity contribution in [2.45, 2.75) is 19.8 Å². The Balaban J connectivity index is 1.37. The van der Waals surface area contributed by atoms with Gasteiger partial charge < -0.3 is 4.74 Å². The lowest BCUT2D eigenvalue weighted by Crippen LogP contribution is -2.23. The molecule has 0 bridgehead atoms. The first-order valence-electron chi connectivity index (χ1n) is 13.0. The van der Waals surface area contributed by atoms with Crippen LogP contribution in [0.5, 0.6) is 5.75 Å². The summed E-state index contributed by atoms with van der Waals surface area (Å²) in [6.07, 6.45) is 5.65. The Morgan fingerprint density at radius 1 is 0.976 bits per heavy atom. The Morgan fingerprint density at radius 3 is 2.39 bits per heavy atom. The average molecular weight is 565 g/mol. The highest BCUT2D eigenvalue weighted by atomic mass is 32.1. The van der Waals surface area contributed by atoms with Crippen LogP contribution in [0.3, 0.4) is 0 Å². The second-order valence-corrected chi connectivity index (χ2v) is 10.3. The fourth-order valence-corrected chi connectivity index (χ4v) is 5.20. The number of benzene rings is 3. The van der Waals surface area contributed by atoms with Gasteiger partial charge in [-0.05, 0) is 61.0 Å². The molecule has 204 valence electrons. The number of ether oxygens (including phenoxy) is 1. The molecule has 3 aromatic carbocycles. The summed E-state index contributed by atoms with van der Waals surface area (Å²) in [5.74, 6) is 1.24. The summed E-state index contributed by atoms with van der Waals surface area (Å²) in [6.45, 7) is 2.79. The van der Waals surface area contributed by atoms with E-state index in [1.807, 2.05) is 60.8 Å². The van der Waals surface area contributed by atoms with Crippen molar-refractivity contribution in [2.75, 3.05) is 6.61 Å². The van der Waals surface area contributed by atoms with Crippen molar-refractivity contribution < 1.29 is 9.66 Å². The van der Waals surface area contributed by atoms with Crippen molar-refractivity contribution in [3.63, 3.8) is 0 Å². The van der Waals surface area contributed by atoms with E-state index in [4.69, 9.17) is 9.84 Å². The molecule has 0 atom stereocenters. The first kappa shape index (κ1) is 26.1. The quantitative estimate of drug-likeness (QED) is 0.133. The van der Waals surface area contributed by atoms with Crippen molar-refractivity contribution >= 4 is 28.1 Å². The second-order valence-electron chi connectivity index (χ2n) is 9.29. The molecule has 0 spiro atoms. The number of fused-ring (bicyclic) bond motifs is 1. The molecule has 10 nitrogen and oxygen atoms in total. The Hall–Kier alpha value is -5.16. The Morgan fingerprint density at radius 2 is 1.71 bits per heavy atom. The summed E-state index contributed by atoms with van der Waals surface area (Å²) in [4.78, 5) is 29.1. The predicted molar refractivity (Wildman–Crippen MR) is 157 cm³/mol. The van der Waals surface area contributed by atoms with E-state index in [9.17, 15) is 14.9 Å². The van der Waals surface area contributed by atoms with Crippen LogP contribution in [0.2, 0.25) is 0 Å². The van der Waals surface area contributed by atoms with E-state index in [1.54, 1.807) is 22.9 Å². The number of para-hydroxylation sites is 1. The lowest BCUT2D eigenvalue weighted by molar-refractivity contribution is -0.384. The van der Waals surface area contributed by atoms with Crippen LogP contribution in [0.15, 0.2) is 89.9 Å². The number of nitrogens with zero attached hydrogens (tertiary/aromatic N) is 6. The SMILES string of the molecule is CCCCOc1ccc(-c2nc3s/c(=C\c4cn(-c5ccccc5)nc4-c4ccc([N+](=O)[O-])cc4)c(=O)n3n2)cc1. The van der Waals surface area contributed by atoms with Gasteiger partial charge in [-0.25, -0.2) is 4.68 Å². The molecule has 0 aliphatic carbocycles. The topological polar surface area (TPSA) is 117 Å². The fraction of sp³-hybridized carbons (Fsp3) is 0.133. The molecule has 6 rings (SSSR count). The first-order valence-corrected chi connectivity index (χ1v) is 13.9. The predicted octanol–water partition coefficient (Wildman–Crippen LogP) is 5.31. The number of unbranched alkanes of at least 4 members (excludes halogenated alkanes) is 1. The molecule has 11 heteroatoms. The van der Waals surface area contributed by atoms with Crippen LogP contribution in [-0.4, -0.2) is 35.9 Å². The number of nitro groups is 1. The van der Waals surface area contributed by atoms with Gasteiger partial charge in [0.2, 0.25) is 4.96 Å². The molecule has 0 unspecified atom stereocenters. The Labute approximate surface area is 237 Å². The first-order chi connectivity index (χ1) is 20.0. The molecule has 0 saturated heterocycles. The Bertz CT molecular complexity index is 1940. The number of non-ortho nitro benzene ring substituents is 1. The van der Waals surface area contributed by atoms with Gasteiger partial charge in [0, 0.05) is 35.0 Å².